The lowest BCUT2D eigenvalue weighted by atomic mass is 9.99. The summed E-state index contributed by atoms with van der Waals surface area (Å²) in [4.78, 5) is 0. The van der Waals surface area contributed by atoms with Crippen molar-refractivity contribution in [2.24, 2.45) is 0 Å². The third kappa shape index (κ3) is 3.67. The smallest absolute Gasteiger partial charge is 0.0448 e. The number of hydrogen-bond donors (Lipinski definition) is 0. The first-order valence-electron chi connectivity index (χ1n) is 5.58. The van der Waals surface area contributed by atoms with E-state index in [0.29, 0.717) is 0 Å². The van der Waals surface area contributed by atoms with Gasteiger partial charge < -0.3 is 0 Å². The van der Waals surface area contributed by atoms with Gasteiger partial charge in [-0.25, -0.2) is 0 Å². The molecule has 1 aromatic carbocycles. The van der Waals surface area contributed by atoms with Crippen molar-refractivity contribution in [2.45, 2.75) is 44.9 Å². The van der Waals surface area contributed by atoms with Gasteiger partial charge in [-0.1, -0.05) is 62.9 Å². The largest absolute Gasteiger partial charge is 0.0695 e. The van der Waals surface area contributed by atoms with E-state index in [1.165, 1.54) is 18.0 Å². The Morgan fingerprint density at radius 3 is 2.07 bits per heavy atom. The van der Waals surface area contributed by atoms with Crippen molar-refractivity contribution in [3.63, 3.8) is 0 Å². The zero-order valence-corrected chi connectivity index (χ0v) is 10.9. The van der Waals surface area contributed by atoms with Crippen molar-refractivity contribution >= 4 is 8.07 Å². The summed E-state index contributed by atoms with van der Waals surface area (Å²) in [5, 5.41) is 0. The van der Waals surface area contributed by atoms with Crippen LogP contribution in [0, 0.1) is 0 Å². The summed E-state index contributed by atoms with van der Waals surface area (Å²) in [6.45, 7) is 9.67. The van der Waals surface area contributed by atoms with Crippen molar-refractivity contribution in [1.29, 1.82) is 0 Å². The van der Waals surface area contributed by atoms with E-state index in [2.05, 4.69) is 56.9 Å². The van der Waals surface area contributed by atoms with Crippen LogP contribution in [0.3, 0.4) is 0 Å². The maximum atomic E-state index is 2.46. The summed E-state index contributed by atoms with van der Waals surface area (Å²) in [6, 6.07) is 12.4. The SMILES string of the molecule is CCC(C[Si](C)(C)C)c1ccccc1. The lowest BCUT2D eigenvalue weighted by Crippen LogP contribution is -2.22. The van der Waals surface area contributed by atoms with Crippen molar-refractivity contribution in [1.82, 2.24) is 0 Å². The molecule has 0 aliphatic rings. The lowest BCUT2D eigenvalue weighted by Gasteiger charge is -2.23. The normalized spacial score (nSPS) is 14.0. The van der Waals surface area contributed by atoms with Crippen LogP contribution in [0.25, 0.3) is 0 Å². The monoisotopic (exact) mass is 206 g/mol. The second-order valence-corrected chi connectivity index (χ2v) is 10.8. The fourth-order valence-electron chi connectivity index (χ4n) is 1.96. The van der Waals surface area contributed by atoms with Gasteiger partial charge in [-0.05, 0) is 17.9 Å². The Kier molecular flexibility index (Phi) is 3.94. The van der Waals surface area contributed by atoms with Crippen LogP contribution in [-0.4, -0.2) is 8.07 Å². The van der Waals surface area contributed by atoms with Gasteiger partial charge in [-0.2, -0.15) is 0 Å². The first kappa shape index (κ1) is 11.5. The van der Waals surface area contributed by atoms with Crippen molar-refractivity contribution < 1.29 is 0 Å². The summed E-state index contributed by atoms with van der Waals surface area (Å²) < 4.78 is 0. The average Bonchev–Trinajstić information content (AvgIpc) is 2.14. The van der Waals surface area contributed by atoms with Crippen LogP contribution in [0.1, 0.15) is 24.8 Å². The molecule has 14 heavy (non-hydrogen) atoms. The highest BCUT2D eigenvalue weighted by Gasteiger charge is 2.20. The Balaban J connectivity index is 2.73. The third-order valence-electron chi connectivity index (χ3n) is 2.62. The molecule has 1 heteroatoms. The van der Waals surface area contributed by atoms with Gasteiger partial charge in [0.1, 0.15) is 0 Å². The second kappa shape index (κ2) is 4.79. The molecule has 0 saturated heterocycles. The number of hydrogen-bond acceptors (Lipinski definition) is 0. The van der Waals surface area contributed by atoms with E-state index in [-0.39, 0.29) is 0 Å². The molecule has 0 aromatic heterocycles. The molecule has 0 nitrogen and oxygen atoms in total. The highest BCUT2D eigenvalue weighted by atomic mass is 28.3. The molecule has 0 spiro atoms. The maximum absolute atomic E-state index is 2.46. The second-order valence-electron chi connectivity index (χ2n) is 5.28. The van der Waals surface area contributed by atoms with E-state index >= 15 is 0 Å². The number of rotatable bonds is 4. The molecule has 78 valence electrons. The quantitative estimate of drug-likeness (QED) is 0.635. The fraction of sp³-hybridized carbons (Fsp3) is 0.538. The summed E-state index contributed by atoms with van der Waals surface area (Å²) in [7, 11) is -0.924. The minimum absolute atomic E-state index is 0.780. The van der Waals surface area contributed by atoms with Crippen LogP contribution in [0.4, 0.5) is 0 Å². The molecule has 1 atom stereocenters. The standard InChI is InChI=1S/C13H22Si/c1-5-12(11-14(2,3)4)13-9-7-6-8-10-13/h6-10,12H,5,11H2,1-4H3. The molecule has 0 fully saturated rings. The van der Waals surface area contributed by atoms with Crippen LogP contribution in [0.2, 0.25) is 25.7 Å². The van der Waals surface area contributed by atoms with Gasteiger partial charge in [0.05, 0.1) is 0 Å². The number of benzene rings is 1. The van der Waals surface area contributed by atoms with Crippen LogP contribution in [0.5, 0.6) is 0 Å². The van der Waals surface area contributed by atoms with E-state index in [1.807, 2.05) is 0 Å². The van der Waals surface area contributed by atoms with E-state index in [0.717, 1.165) is 5.92 Å². The fourth-order valence-corrected chi connectivity index (χ4v) is 3.97. The van der Waals surface area contributed by atoms with E-state index in [9.17, 15) is 0 Å². The van der Waals surface area contributed by atoms with Gasteiger partial charge in [0.15, 0.2) is 0 Å². The van der Waals surface area contributed by atoms with Gasteiger partial charge in [0.2, 0.25) is 0 Å². The predicted molar refractivity (Wildman–Crippen MR) is 67.6 cm³/mol. The van der Waals surface area contributed by atoms with Gasteiger partial charge in [0.25, 0.3) is 0 Å². The van der Waals surface area contributed by atoms with Crippen LogP contribution >= 0.6 is 0 Å². The maximum Gasteiger partial charge on any atom is 0.0448 e. The van der Waals surface area contributed by atoms with E-state index in [4.69, 9.17) is 0 Å². The third-order valence-corrected chi connectivity index (χ3v) is 4.34. The summed E-state index contributed by atoms with van der Waals surface area (Å²) >= 11 is 0. The van der Waals surface area contributed by atoms with Gasteiger partial charge in [-0.3, -0.25) is 0 Å². The Morgan fingerprint density at radius 1 is 1.07 bits per heavy atom. The molecule has 0 bridgehead atoms. The Hall–Kier alpha value is -0.563. The zero-order valence-electron chi connectivity index (χ0n) is 9.88. The van der Waals surface area contributed by atoms with E-state index < -0.39 is 8.07 Å². The molecular weight excluding hydrogens is 184 g/mol. The first-order valence-corrected chi connectivity index (χ1v) is 9.28. The van der Waals surface area contributed by atoms with Crippen molar-refractivity contribution in [3.8, 4) is 0 Å². The highest BCUT2D eigenvalue weighted by molar-refractivity contribution is 6.76. The molecule has 0 aliphatic carbocycles. The Labute approximate surface area is 89.4 Å². The first-order chi connectivity index (χ1) is 6.53. The molecule has 0 amide bonds. The summed E-state index contributed by atoms with van der Waals surface area (Å²) in [5.41, 5.74) is 1.53. The van der Waals surface area contributed by atoms with Crippen LogP contribution in [-0.2, 0) is 0 Å². The van der Waals surface area contributed by atoms with Crippen LogP contribution < -0.4 is 0 Å². The van der Waals surface area contributed by atoms with Crippen molar-refractivity contribution in [3.05, 3.63) is 35.9 Å². The van der Waals surface area contributed by atoms with Gasteiger partial charge >= 0.3 is 0 Å². The molecule has 1 rings (SSSR count). The minimum atomic E-state index is -0.924. The molecule has 0 saturated carbocycles. The van der Waals surface area contributed by atoms with Crippen LogP contribution in [0.15, 0.2) is 30.3 Å². The summed E-state index contributed by atoms with van der Waals surface area (Å²) in [6.07, 6.45) is 1.27. The topological polar surface area (TPSA) is 0 Å². The average molecular weight is 206 g/mol. The molecule has 0 radical (unpaired) electrons. The summed E-state index contributed by atoms with van der Waals surface area (Å²) in [5.74, 6) is 0.780. The highest BCUT2D eigenvalue weighted by Crippen LogP contribution is 2.28. The molecular formula is C13H22Si. The van der Waals surface area contributed by atoms with E-state index in [1.54, 1.807) is 0 Å². The predicted octanol–water partition coefficient (Wildman–Crippen LogP) is 4.52. The molecule has 1 unspecified atom stereocenters. The zero-order chi connectivity index (χ0) is 10.6. The molecule has 0 heterocycles. The molecule has 0 aliphatic heterocycles. The Morgan fingerprint density at radius 2 is 1.64 bits per heavy atom. The van der Waals surface area contributed by atoms with Gasteiger partial charge in [-0.15, -0.1) is 0 Å². The van der Waals surface area contributed by atoms with Gasteiger partial charge in [0, 0.05) is 8.07 Å². The Bertz CT molecular complexity index is 258. The molecule has 1 aromatic rings. The minimum Gasteiger partial charge on any atom is -0.0695 e. The van der Waals surface area contributed by atoms with Crippen molar-refractivity contribution in [2.75, 3.05) is 0 Å². The lowest BCUT2D eigenvalue weighted by molar-refractivity contribution is 0.721. The molecule has 0 N–H and O–H groups in total.